The van der Waals surface area contributed by atoms with E-state index in [1.807, 2.05) is 17.0 Å². The lowest BCUT2D eigenvalue weighted by Crippen LogP contribution is -2.44. The number of aryl methyl sites for hydroxylation is 1. The first kappa shape index (κ1) is 20.6. The van der Waals surface area contributed by atoms with Gasteiger partial charge in [0.2, 0.25) is 11.8 Å². The summed E-state index contributed by atoms with van der Waals surface area (Å²) in [5.74, 6) is -1.48. The number of fused-ring (bicyclic) bond motifs is 1. The maximum atomic E-state index is 12.9. The number of nitrogens with one attached hydrogen (secondary N) is 1. The molecule has 0 saturated carbocycles. The van der Waals surface area contributed by atoms with E-state index in [0.29, 0.717) is 29.1 Å². The Morgan fingerprint density at radius 2 is 1.90 bits per heavy atom. The third kappa shape index (κ3) is 3.52. The smallest absolute Gasteiger partial charge is 0.329 e. The van der Waals surface area contributed by atoms with Crippen molar-refractivity contribution in [3.63, 3.8) is 0 Å². The van der Waals surface area contributed by atoms with Gasteiger partial charge < -0.3 is 5.11 Å². The van der Waals surface area contributed by atoms with Gasteiger partial charge in [0.15, 0.2) is 0 Å². The Kier molecular flexibility index (Phi) is 5.42. The molecule has 9 nitrogen and oxygen atoms in total. The Balaban J connectivity index is 1.68. The lowest BCUT2D eigenvalue weighted by atomic mass is 9.89. The number of likely N-dealkylation sites (tertiary alicyclic amines) is 1. The van der Waals surface area contributed by atoms with Crippen LogP contribution >= 0.6 is 11.6 Å². The molecule has 30 heavy (non-hydrogen) atoms. The number of hydrogen-bond donors (Lipinski definition) is 2. The average molecular weight is 435 g/mol. The molecule has 3 heterocycles. The van der Waals surface area contributed by atoms with Gasteiger partial charge in [-0.25, -0.2) is 4.79 Å². The van der Waals surface area contributed by atoms with E-state index >= 15 is 0 Å². The Hall–Kier alpha value is -2.65. The summed E-state index contributed by atoms with van der Waals surface area (Å²) in [5, 5.41) is 11.7. The van der Waals surface area contributed by atoms with Crippen LogP contribution in [0.4, 0.5) is 0 Å². The summed E-state index contributed by atoms with van der Waals surface area (Å²) >= 11 is 6.75. The SMILES string of the molecule is Cn1c(=O)n(C2CCC(=O)NC2=O)c2ccc(C3CCN(CC(=O)O)CC3)c(Cl)c21. The molecule has 0 spiro atoms. The Morgan fingerprint density at radius 1 is 1.20 bits per heavy atom. The molecule has 160 valence electrons. The molecule has 2 N–H and O–H groups in total. The molecular weight excluding hydrogens is 412 g/mol. The Bertz CT molecular complexity index is 1100. The summed E-state index contributed by atoms with van der Waals surface area (Å²) in [6, 6.07) is 2.95. The van der Waals surface area contributed by atoms with Crippen molar-refractivity contribution < 1.29 is 19.5 Å². The molecule has 0 aliphatic carbocycles. The molecule has 2 saturated heterocycles. The zero-order valence-corrected chi connectivity index (χ0v) is 17.3. The van der Waals surface area contributed by atoms with Gasteiger partial charge in [-0.1, -0.05) is 17.7 Å². The van der Waals surface area contributed by atoms with Crippen molar-refractivity contribution in [2.45, 2.75) is 37.6 Å². The summed E-state index contributed by atoms with van der Waals surface area (Å²) in [7, 11) is 1.62. The minimum absolute atomic E-state index is 0.0306. The highest BCUT2D eigenvalue weighted by Gasteiger charge is 2.32. The molecule has 1 aromatic carbocycles. The van der Waals surface area contributed by atoms with Crippen molar-refractivity contribution >= 4 is 40.4 Å². The number of carbonyl (C=O) groups excluding carboxylic acids is 2. The maximum Gasteiger partial charge on any atom is 0.329 e. The quantitative estimate of drug-likeness (QED) is 0.700. The second-order valence-corrected chi connectivity index (χ2v) is 8.34. The van der Waals surface area contributed by atoms with Crippen LogP contribution < -0.4 is 11.0 Å². The predicted octanol–water partition coefficient (Wildman–Crippen LogP) is 1.24. The second-order valence-electron chi connectivity index (χ2n) is 7.96. The number of piperidine rings is 2. The Labute approximate surface area is 177 Å². The van der Waals surface area contributed by atoms with Crippen LogP contribution in [-0.2, 0) is 21.4 Å². The van der Waals surface area contributed by atoms with Crippen LogP contribution in [0.1, 0.15) is 43.2 Å². The number of carboxylic acids is 1. The van der Waals surface area contributed by atoms with Gasteiger partial charge in [0.1, 0.15) is 6.04 Å². The van der Waals surface area contributed by atoms with Gasteiger partial charge >= 0.3 is 11.7 Å². The van der Waals surface area contributed by atoms with E-state index in [4.69, 9.17) is 16.7 Å². The number of nitrogens with zero attached hydrogens (tertiary/aromatic N) is 3. The van der Waals surface area contributed by atoms with Crippen LogP contribution in [0.15, 0.2) is 16.9 Å². The monoisotopic (exact) mass is 434 g/mol. The molecule has 1 aromatic heterocycles. The molecular formula is C20H23ClN4O5. The molecule has 0 bridgehead atoms. The standard InChI is InChI=1S/C20H23ClN4O5/c1-23-18-13(25(20(23)30)14-4-5-15(26)22-19(14)29)3-2-12(17(18)21)11-6-8-24(9-7-11)10-16(27)28/h2-3,11,14H,4-10H2,1H3,(H,27,28)(H,22,26,29). The normalized spacial score (nSPS) is 21.2. The number of aromatic nitrogens is 2. The molecule has 4 rings (SSSR count). The highest BCUT2D eigenvalue weighted by atomic mass is 35.5. The van der Waals surface area contributed by atoms with Gasteiger partial charge in [0.05, 0.1) is 22.6 Å². The van der Waals surface area contributed by atoms with Gasteiger partial charge in [0.25, 0.3) is 0 Å². The number of amides is 2. The zero-order valence-electron chi connectivity index (χ0n) is 16.6. The highest BCUT2D eigenvalue weighted by Crippen LogP contribution is 2.37. The molecule has 1 unspecified atom stereocenters. The fourth-order valence-corrected chi connectivity index (χ4v) is 5.02. The first-order valence-corrected chi connectivity index (χ1v) is 10.3. The fourth-order valence-electron chi connectivity index (χ4n) is 4.58. The number of benzene rings is 1. The highest BCUT2D eigenvalue weighted by molar-refractivity contribution is 6.36. The van der Waals surface area contributed by atoms with Crippen LogP contribution in [0.2, 0.25) is 5.02 Å². The molecule has 0 radical (unpaired) electrons. The summed E-state index contributed by atoms with van der Waals surface area (Å²) in [4.78, 5) is 49.6. The Morgan fingerprint density at radius 3 is 2.53 bits per heavy atom. The first-order chi connectivity index (χ1) is 14.3. The third-order valence-corrected chi connectivity index (χ3v) is 6.52. The largest absolute Gasteiger partial charge is 0.480 e. The predicted molar refractivity (Wildman–Crippen MR) is 110 cm³/mol. The molecule has 2 aliphatic heterocycles. The van der Waals surface area contributed by atoms with Gasteiger partial charge in [-0.15, -0.1) is 0 Å². The van der Waals surface area contributed by atoms with Gasteiger partial charge in [-0.3, -0.25) is 33.7 Å². The van der Waals surface area contributed by atoms with Crippen molar-refractivity contribution in [3.8, 4) is 0 Å². The van der Waals surface area contributed by atoms with Crippen LogP contribution in [0, 0.1) is 0 Å². The zero-order chi connectivity index (χ0) is 21.6. The number of aliphatic carboxylic acids is 1. The van der Waals surface area contributed by atoms with Crippen LogP contribution in [0.3, 0.4) is 0 Å². The number of imidazole rings is 1. The van der Waals surface area contributed by atoms with Gasteiger partial charge in [-0.2, -0.15) is 0 Å². The molecule has 10 heteroatoms. The van der Waals surface area contributed by atoms with Gasteiger partial charge in [-0.05, 0) is 49.9 Å². The van der Waals surface area contributed by atoms with E-state index in [0.717, 1.165) is 18.4 Å². The average Bonchev–Trinajstić information content (AvgIpc) is 2.94. The maximum absolute atomic E-state index is 12.9. The summed E-state index contributed by atoms with van der Waals surface area (Å²) < 4.78 is 2.87. The third-order valence-electron chi connectivity index (χ3n) is 6.12. The minimum atomic E-state index is -0.835. The number of halogens is 1. The van der Waals surface area contributed by atoms with Gasteiger partial charge in [0, 0.05) is 13.5 Å². The topological polar surface area (TPSA) is 114 Å². The van der Waals surface area contributed by atoms with Crippen LogP contribution in [-0.4, -0.2) is 56.6 Å². The van der Waals surface area contributed by atoms with Crippen molar-refractivity contribution in [3.05, 3.63) is 33.2 Å². The van der Waals surface area contributed by atoms with Crippen LogP contribution in [0.5, 0.6) is 0 Å². The second kappa shape index (κ2) is 7.88. The van der Waals surface area contributed by atoms with E-state index in [9.17, 15) is 19.2 Å². The summed E-state index contributed by atoms with van der Waals surface area (Å²) in [6.45, 7) is 1.37. The molecule has 2 fully saturated rings. The minimum Gasteiger partial charge on any atom is -0.480 e. The van der Waals surface area contributed by atoms with Crippen molar-refractivity contribution in [1.82, 2.24) is 19.4 Å². The van der Waals surface area contributed by atoms with E-state index in [2.05, 4.69) is 5.32 Å². The lowest BCUT2D eigenvalue weighted by Gasteiger charge is -2.31. The number of rotatable bonds is 4. The molecule has 1 atom stereocenters. The summed E-state index contributed by atoms with van der Waals surface area (Å²) in [6.07, 6.45) is 2.01. The van der Waals surface area contributed by atoms with Crippen molar-refractivity contribution in [2.75, 3.05) is 19.6 Å². The molecule has 2 aliphatic rings. The number of carboxylic acid groups (broad SMARTS) is 1. The van der Waals surface area contributed by atoms with E-state index in [-0.39, 0.29) is 36.9 Å². The van der Waals surface area contributed by atoms with Crippen molar-refractivity contribution in [1.29, 1.82) is 0 Å². The van der Waals surface area contributed by atoms with E-state index in [1.165, 1.54) is 9.13 Å². The van der Waals surface area contributed by atoms with E-state index in [1.54, 1.807) is 7.05 Å². The molecule has 2 aromatic rings. The first-order valence-electron chi connectivity index (χ1n) is 9.95. The van der Waals surface area contributed by atoms with Crippen LogP contribution in [0.25, 0.3) is 11.0 Å². The molecule has 2 amide bonds. The number of carbonyl (C=O) groups is 3. The van der Waals surface area contributed by atoms with E-state index < -0.39 is 17.9 Å². The number of hydrogen-bond acceptors (Lipinski definition) is 5. The number of imide groups is 1. The summed E-state index contributed by atoms with van der Waals surface area (Å²) in [5.41, 5.74) is 1.70. The fraction of sp³-hybridized carbons (Fsp3) is 0.500. The van der Waals surface area contributed by atoms with Crippen molar-refractivity contribution in [2.24, 2.45) is 7.05 Å². The lowest BCUT2D eigenvalue weighted by molar-refractivity contribution is -0.139.